The molecule has 0 amide bonds. The molecule has 0 N–H and O–H groups in total. The summed E-state index contributed by atoms with van der Waals surface area (Å²) in [6.45, 7) is 10.7. The first kappa shape index (κ1) is 40.3. The van der Waals surface area contributed by atoms with E-state index < -0.39 is 71.8 Å². The van der Waals surface area contributed by atoms with Crippen molar-refractivity contribution in [2.45, 2.75) is 83.7 Å². The van der Waals surface area contributed by atoms with Crippen LogP contribution in [-0.4, -0.2) is 123 Å². The summed E-state index contributed by atoms with van der Waals surface area (Å²) in [5.41, 5.74) is 0.193. The van der Waals surface area contributed by atoms with Gasteiger partial charge in [-0.2, -0.15) is 0 Å². The average Bonchev–Trinajstić information content (AvgIpc) is 3.96. The van der Waals surface area contributed by atoms with E-state index in [9.17, 15) is 28.8 Å². The molecule has 3 aliphatic rings. The van der Waals surface area contributed by atoms with Crippen molar-refractivity contribution in [2.24, 2.45) is 0 Å². The van der Waals surface area contributed by atoms with Gasteiger partial charge in [0, 0.05) is 78.0 Å². The Morgan fingerprint density at radius 2 is 1.54 bits per heavy atom. The molecule has 54 heavy (non-hydrogen) atoms. The van der Waals surface area contributed by atoms with E-state index >= 15 is 4.39 Å². The summed E-state index contributed by atoms with van der Waals surface area (Å²) in [5.74, 6) is -4.15. The summed E-state index contributed by atoms with van der Waals surface area (Å²) in [7, 11) is 0. The fraction of sp³-hybridized carbons (Fsp3) is 0.568. The minimum absolute atomic E-state index is 0.0472. The molecule has 3 heterocycles. The second kappa shape index (κ2) is 18.0. The quantitative estimate of drug-likeness (QED) is 0.112. The van der Waals surface area contributed by atoms with Gasteiger partial charge in [0.2, 0.25) is 5.43 Å². The first-order chi connectivity index (χ1) is 25.8. The second-order valence-electron chi connectivity index (χ2n) is 13.3. The van der Waals surface area contributed by atoms with Crippen LogP contribution in [0.25, 0.3) is 10.9 Å². The molecule has 0 spiro atoms. The van der Waals surface area contributed by atoms with Crippen molar-refractivity contribution in [3.8, 4) is 0 Å². The van der Waals surface area contributed by atoms with E-state index in [0.717, 1.165) is 33.6 Å². The van der Waals surface area contributed by atoms with Crippen LogP contribution in [0.2, 0.25) is 0 Å². The zero-order chi connectivity index (χ0) is 39.1. The fourth-order valence-electron chi connectivity index (χ4n) is 6.64. The van der Waals surface area contributed by atoms with Crippen LogP contribution >= 0.6 is 0 Å². The van der Waals surface area contributed by atoms with Gasteiger partial charge >= 0.3 is 29.8 Å². The summed E-state index contributed by atoms with van der Waals surface area (Å²) in [6.07, 6.45) is -1.10. The number of rotatable bonds is 15. The van der Waals surface area contributed by atoms with Crippen LogP contribution in [0.3, 0.4) is 0 Å². The van der Waals surface area contributed by atoms with E-state index in [-0.39, 0.29) is 36.8 Å². The van der Waals surface area contributed by atoms with Crippen molar-refractivity contribution >= 4 is 46.4 Å². The normalized spacial score (nSPS) is 23.0. The number of carbonyl (C=O) groups excluding carboxylic acids is 5. The Morgan fingerprint density at radius 3 is 2.15 bits per heavy atom. The molecule has 0 radical (unpaired) electrons. The molecule has 2 aromatic rings. The lowest BCUT2D eigenvalue weighted by Crippen LogP contribution is -2.63. The van der Waals surface area contributed by atoms with E-state index in [1.807, 2.05) is 9.47 Å². The van der Waals surface area contributed by atoms with Crippen LogP contribution in [0.1, 0.15) is 63.4 Å². The lowest BCUT2D eigenvalue weighted by Gasteiger charge is -2.44. The molecular weight excluding hydrogens is 713 g/mol. The third-order valence-electron chi connectivity index (χ3n) is 9.16. The maximum absolute atomic E-state index is 15.6. The molecule has 0 bridgehead atoms. The monoisotopic (exact) mass is 759 g/mol. The van der Waals surface area contributed by atoms with Gasteiger partial charge in [0.15, 0.2) is 24.6 Å². The third kappa shape index (κ3) is 10.0. The van der Waals surface area contributed by atoms with Gasteiger partial charge in [-0.05, 0) is 31.4 Å². The molecular formula is C37H46FN3O13. The standard InChI is InChI=1S/C37H46FN3O13/c1-6-15-48-36(47)27-19-41(25-8-9-25)29-18-30(28(38)17-26(29)32(27)46)40-13-11-39(12-14-40)10-7-16-49-37-35(53-24(5)45)34(52-23(4)44)33(51-22(3)43)31(54-37)20-50-21(2)42/h6,17-19,25,31,33-35,37H,1,7-16,20H2,2-5H3/t31-,33+,34+,35-,37-/m1/s1. The van der Waals surface area contributed by atoms with Crippen molar-refractivity contribution in [1.82, 2.24) is 9.47 Å². The molecule has 1 aromatic carbocycles. The average molecular weight is 760 g/mol. The molecule has 5 rings (SSSR count). The van der Waals surface area contributed by atoms with Crippen LogP contribution in [-0.2, 0) is 52.3 Å². The Hall–Kier alpha value is -4.87. The van der Waals surface area contributed by atoms with E-state index in [1.165, 1.54) is 25.3 Å². The first-order valence-electron chi connectivity index (χ1n) is 17.8. The molecule has 2 aliphatic heterocycles. The molecule has 294 valence electrons. The highest BCUT2D eigenvalue weighted by Gasteiger charge is 2.52. The predicted octanol–water partition coefficient (Wildman–Crippen LogP) is 2.43. The molecule has 2 saturated heterocycles. The summed E-state index contributed by atoms with van der Waals surface area (Å²) >= 11 is 0. The largest absolute Gasteiger partial charge is 0.463 e. The Kier molecular flexibility index (Phi) is 13.4. The van der Waals surface area contributed by atoms with Gasteiger partial charge in [-0.25, -0.2) is 9.18 Å². The maximum atomic E-state index is 15.6. The van der Waals surface area contributed by atoms with E-state index in [0.29, 0.717) is 50.3 Å². The molecule has 5 atom stereocenters. The summed E-state index contributed by atoms with van der Waals surface area (Å²) in [6, 6.07) is 2.98. The van der Waals surface area contributed by atoms with Crippen LogP contribution in [0.15, 0.2) is 35.8 Å². The summed E-state index contributed by atoms with van der Waals surface area (Å²) in [5, 5.41) is 0.117. The smallest absolute Gasteiger partial charge is 0.343 e. The highest BCUT2D eigenvalue weighted by molar-refractivity contribution is 5.94. The SMILES string of the molecule is C=CCOC(=O)c1cn(C2CC2)c2cc(N3CCN(CCCO[C@@H]4O[C@H](COC(C)=O)[C@H](OC(C)=O)[C@H](OC(C)=O)[C@H]4OC(C)=O)CC3)c(F)cc2c1=O. The Morgan fingerprint density at radius 1 is 0.889 bits per heavy atom. The number of aromatic nitrogens is 1. The number of halogens is 1. The number of fused-ring (bicyclic) bond motifs is 1. The Labute approximate surface area is 311 Å². The fourth-order valence-corrected chi connectivity index (χ4v) is 6.64. The van der Waals surface area contributed by atoms with Gasteiger partial charge in [0.1, 0.15) is 30.7 Å². The van der Waals surface area contributed by atoms with Gasteiger partial charge in [-0.15, -0.1) is 0 Å². The number of benzene rings is 1. The van der Waals surface area contributed by atoms with Gasteiger partial charge < -0.3 is 42.6 Å². The van der Waals surface area contributed by atoms with E-state index in [2.05, 4.69) is 11.5 Å². The highest BCUT2D eigenvalue weighted by atomic mass is 19.1. The number of esters is 5. The number of ether oxygens (including phenoxy) is 7. The number of anilines is 1. The van der Waals surface area contributed by atoms with Crippen LogP contribution in [0, 0.1) is 5.82 Å². The van der Waals surface area contributed by atoms with E-state index in [1.54, 1.807) is 6.07 Å². The molecule has 1 saturated carbocycles. The topological polar surface area (TPSA) is 178 Å². The van der Waals surface area contributed by atoms with Crippen molar-refractivity contribution in [3.05, 3.63) is 52.6 Å². The van der Waals surface area contributed by atoms with Gasteiger partial charge in [0.25, 0.3) is 0 Å². The van der Waals surface area contributed by atoms with Crippen LogP contribution < -0.4 is 10.3 Å². The van der Waals surface area contributed by atoms with Gasteiger partial charge in [-0.1, -0.05) is 12.7 Å². The number of piperazine rings is 1. The maximum Gasteiger partial charge on any atom is 0.343 e. The Bertz CT molecular complexity index is 1800. The van der Waals surface area contributed by atoms with Gasteiger partial charge in [-0.3, -0.25) is 28.9 Å². The second-order valence-corrected chi connectivity index (χ2v) is 13.3. The minimum atomic E-state index is -1.32. The third-order valence-corrected chi connectivity index (χ3v) is 9.16. The number of nitrogens with zero attached hydrogens (tertiary/aromatic N) is 3. The summed E-state index contributed by atoms with van der Waals surface area (Å²) < 4.78 is 56.0. The molecule has 3 fully saturated rings. The van der Waals surface area contributed by atoms with Crippen molar-refractivity contribution in [3.63, 3.8) is 0 Å². The van der Waals surface area contributed by atoms with Crippen molar-refractivity contribution < 1.29 is 61.5 Å². The number of pyridine rings is 1. The lowest BCUT2D eigenvalue weighted by molar-refractivity contribution is -0.308. The molecule has 0 unspecified atom stereocenters. The molecule has 1 aromatic heterocycles. The van der Waals surface area contributed by atoms with Crippen LogP contribution in [0.5, 0.6) is 0 Å². The minimum Gasteiger partial charge on any atom is -0.463 e. The summed E-state index contributed by atoms with van der Waals surface area (Å²) in [4.78, 5) is 77.6. The zero-order valence-corrected chi connectivity index (χ0v) is 30.8. The van der Waals surface area contributed by atoms with Crippen LogP contribution in [0.4, 0.5) is 10.1 Å². The lowest BCUT2D eigenvalue weighted by atomic mass is 9.98. The van der Waals surface area contributed by atoms with E-state index in [4.69, 9.17) is 33.2 Å². The zero-order valence-electron chi connectivity index (χ0n) is 30.8. The number of carbonyl (C=O) groups is 5. The number of hydrogen-bond acceptors (Lipinski definition) is 15. The molecule has 1 aliphatic carbocycles. The first-order valence-corrected chi connectivity index (χ1v) is 17.8. The molecule has 16 nitrogen and oxygen atoms in total. The Balaban J connectivity index is 1.22. The highest BCUT2D eigenvalue weighted by Crippen LogP contribution is 2.38. The predicted molar refractivity (Wildman–Crippen MR) is 188 cm³/mol. The van der Waals surface area contributed by atoms with Crippen molar-refractivity contribution in [1.29, 1.82) is 0 Å². The molecule has 17 heteroatoms. The van der Waals surface area contributed by atoms with Crippen molar-refractivity contribution in [2.75, 3.05) is 57.4 Å². The number of hydrogen-bond donors (Lipinski definition) is 0. The van der Waals surface area contributed by atoms with Gasteiger partial charge in [0.05, 0.1) is 17.8 Å².